The van der Waals surface area contributed by atoms with E-state index in [0.717, 1.165) is 11.3 Å². The van der Waals surface area contributed by atoms with Gasteiger partial charge in [0.05, 0.1) is 19.5 Å². The van der Waals surface area contributed by atoms with Crippen molar-refractivity contribution in [1.82, 2.24) is 19.5 Å². The average Bonchev–Trinajstić information content (AvgIpc) is 3.07. The predicted molar refractivity (Wildman–Crippen MR) is 100 cm³/mol. The van der Waals surface area contributed by atoms with E-state index in [1.54, 1.807) is 23.0 Å². The lowest BCUT2D eigenvalue weighted by Gasteiger charge is -2.10. The summed E-state index contributed by atoms with van der Waals surface area (Å²) in [5.74, 6) is 0.655. The van der Waals surface area contributed by atoms with Crippen LogP contribution in [0.15, 0.2) is 59.7 Å². The molecule has 2 aromatic heterocycles. The van der Waals surface area contributed by atoms with Gasteiger partial charge in [-0.3, -0.25) is 4.79 Å². The largest absolute Gasteiger partial charge is 0.494 e. The fourth-order valence-electron chi connectivity index (χ4n) is 2.99. The van der Waals surface area contributed by atoms with Gasteiger partial charge in [-0.2, -0.15) is 0 Å². The molecule has 4 aromatic rings. The molecular weight excluding hydrogens is 347 g/mol. The molecule has 0 amide bonds. The molecule has 0 aliphatic rings. The lowest BCUT2D eigenvalue weighted by Crippen LogP contribution is -2.14. The fourth-order valence-corrected chi connectivity index (χ4v) is 2.99. The van der Waals surface area contributed by atoms with Crippen molar-refractivity contribution in [2.24, 2.45) is 0 Å². The molecule has 0 saturated heterocycles. The normalized spacial score (nSPS) is 11.0. The van der Waals surface area contributed by atoms with Crippen LogP contribution in [-0.2, 0) is 6.54 Å². The van der Waals surface area contributed by atoms with E-state index in [4.69, 9.17) is 4.74 Å². The molecule has 0 aliphatic carbocycles. The zero-order valence-electron chi connectivity index (χ0n) is 14.6. The monoisotopic (exact) mass is 364 g/mol. The lowest BCUT2D eigenvalue weighted by atomic mass is 10.2. The summed E-state index contributed by atoms with van der Waals surface area (Å²) in [5.41, 5.74) is 1.77. The second kappa shape index (κ2) is 7.03. The molecule has 4 rings (SSSR count). The zero-order valence-corrected chi connectivity index (χ0v) is 14.6. The second-order valence-corrected chi connectivity index (χ2v) is 6.01. The van der Waals surface area contributed by atoms with Gasteiger partial charge < -0.3 is 14.3 Å². The van der Waals surface area contributed by atoms with Crippen molar-refractivity contribution in [3.8, 4) is 17.1 Å². The van der Waals surface area contributed by atoms with Gasteiger partial charge in [-0.15, -0.1) is 0 Å². The van der Waals surface area contributed by atoms with Crippen molar-refractivity contribution in [2.45, 2.75) is 13.5 Å². The first-order chi connectivity index (χ1) is 13.2. The van der Waals surface area contributed by atoms with E-state index in [1.807, 2.05) is 31.2 Å². The first kappa shape index (κ1) is 17.0. The van der Waals surface area contributed by atoms with Crippen molar-refractivity contribution < 1.29 is 9.13 Å². The Kier molecular flexibility index (Phi) is 4.42. The van der Waals surface area contributed by atoms with E-state index in [-0.39, 0.29) is 11.4 Å². The number of rotatable bonds is 5. The summed E-state index contributed by atoms with van der Waals surface area (Å²) in [6.45, 7) is 2.91. The number of fused-ring (bicyclic) bond motifs is 1. The number of ether oxygens (including phenoxy) is 1. The Morgan fingerprint density at radius 1 is 1.19 bits per heavy atom. The van der Waals surface area contributed by atoms with Crippen LogP contribution in [0.4, 0.5) is 4.39 Å². The number of aromatic amines is 1. The predicted octanol–water partition coefficient (Wildman–Crippen LogP) is 3.37. The van der Waals surface area contributed by atoms with Crippen molar-refractivity contribution in [3.63, 3.8) is 0 Å². The third kappa shape index (κ3) is 3.31. The number of halogens is 1. The van der Waals surface area contributed by atoms with Crippen LogP contribution in [-0.4, -0.2) is 26.1 Å². The standard InChI is InChI=1S/C20H17FN4O2/c1-2-27-16-9-4-3-6-14(16)11-25-12-22-19-17(25)20(26)24-18(23-19)13-7-5-8-15(21)10-13/h3-10,12H,2,11H2,1H3,(H,23,24,26). The second-order valence-electron chi connectivity index (χ2n) is 6.01. The number of imidazole rings is 1. The van der Waals surface area contributed by atoms with Gasteiger partial charge in [0.2, 0.25) is 0 Å². The molecule has 27 heavy (non-hydrogen) atoms. The minimum absolute atomic E-state index is 0.284. The fraction of sp³-hybridized carbons (Fsp3) is 0.150. The number of H-pyrrole nitrogens is 1. The van der Waals surface area contributed by atoms with Crippen molar-refractivity contribution >= 4 is 11.2 Å². The maximum absolute atomic E-state index is 13.5. The molecular formula is C20H17FN4O2. The summed E-state index contributed by atoms with van der Waals surface area (Å²) in [6.07, 6.45) is 1.57. The van der Waals surface area contributed by atoms with E-state index < -0.39 is 5.82 Å². The number of nitrogens with one attached hydrogen (secondary N) is 1. The van der Waals surface area contributed by atoms with E-state index in [0.29, 0.717) is 29.9 Å². The van der Waals surface area contributed by atoms with Crippen LogP contribution in [0.25, 0.3) is 22.6 Å². The molecule has 6 nitrogen and oxygen atoms in total. The summed E-state index contributed by atoms with van der Waals surface area (Å²) in [5, 5.41) is 0. The molecule has 0 unspecified atom stereocenters. The summed E-state index contributed by atoms with van der Waals surface area (Å²) in [4.78, 5) is 24.0. The lowest BCUT2D eigenvalue weighted by molar-refractivity contribution is 0.336. The number of nitrogens with zero attached hydrogens (tertiary/aromatic N) is 3. The van der Waals surface area contributed by atoms with Crippen molar-refractivity contribution in [3.05, 3.63) is 76.6 Å². The summed E-state index contributed by atoms with van der Waals surface area (Å²) < 4.78 is 20.8. The highest BCUT2D eigenvalue weighted by Gasteiger charge is 2.13. The van der Waals surface area contributed by atoms with Crippen LogP contribution >= 0.6 is 0 Å². The first-order valence-corrected chi connectivity index (χ1v) is 8.57. The van der Waals surface area contributed by atoms with Gasteiger partial charge in [0.1, 0.15) is 17.4 Å². The van der Waals surface area contributed by atoms with Crippen molar-refractivity contribution in [2.75, 3.05) is 6.61 Å². The number of para-hydroxylation sites is 1. The molecule has 0 atom stereocenters. The van der Waals surface area contributed by atoms with Gasteiger partial charge in [-0.1, -0.05) is 30.3 Å². The SMILES string of the molecule is CCOc1ccccc1Cn1cnc2nc(-c3cccc(F)c3)[nH]c(=O)c21. The van der Waals surface area contributed by atoms with Crippen LogP contribution in [0.3, 0.4) is 0 Å². The first-order valence-electron chi connectivity index (χ1n) is 8.57. The van der Waals surface area contributed by atoms with Gasteiger partial charge in [0.15, 0.2) is 11.2 Å². The van der Waals surface area contributed by atoms with Gasteiger partial charge >= 0.3 is 0 Å². The molecule has 2 heterocycles. The topological polar surface area (TPSA) is 72.8 Å². The molecule has 2 aromatic carbocycles. The van der Waals surface area contributed by atoms with Crippen LogP contribution in [0.2, 0.25) is 0 Å². The maximum atomic E-state index is 13.5. The number of benzene rings is 2. The summed E-state index contributed by atoms with van der Waals surface area (Å²) in [6, 6.07) is 13.6. The Morgan fingerprint density at radius 2 is 2.04 bits per heavy atom. The minimum Gasteiger partial charge on any atom is -0.494 e. The zero-order chi connectivity index (χ0) is 18.8. The molecule has 7 heteroatoms. The Morgan fingerprint density at radius 3 is 2.85 bits per heavy atom. The third-order valence-corrected chi connectivity index (χ3v) is 4.19. The van der Waals surface area contributed by atoms with E-state index >= 15 is 0 Å². The molecule has 0 aliphatic heterocycles. The maximum Gasteiger partial charge on any atom is 0.277 e. The Labute approximate surface area is 154 Å². The van der Waals surface area contributed by atoms with Crippen LogP contribution in [0, 0.1) is 5.82 Å². The van der Waals surface area contributed by atoms with E-state index in [2.05, 4.69) is 15.0 Å². The smallest absolute Gasteiger partial charge is 0.277 e. The molecule has 0 fully saturated rings. The van der Waals surface area contributed by atoms with Gasteiger partial charge in [0.25, 0.3) is 5.56 Å². The van der Waals surface area contributed by atoms with Crippen LogP contribution in [0.5, 0.6) is 5.75 Å². The molecule has 0 radical (unpaired) electrons. The Balaban J connectivity index is 1.76. The average molecular weight is 364 g/mol. The minimum atomic E-state index is -0.395. The van der Waals surface area contributed by atoms with E-state index in [1.165, 1.54) is 12.1 Å². The van der Waals surface area contributed by atoms with Crippen LogP contribution in [0.1, 0.15) is 12.5 Å². The quantitative estimate of drug-likeness (QED) is 0.589. The number of hydrogen-bond donors (Lipinski definition) is 1. The summed E-state index contributed by atoms with van der Waals surface area (Å²) in [7, 11) is 0. The third-order valence-electron chi connectivity index (χ3n) is 4.19. The number of hydrogen-bond acceptors (Lipinski definition) is 4. The van der Waals surface area contributed by atoms with Crippen molar-refractivity contribution in [1.29, 1.82) is 0 Å². The summed E-state index contributed by atoms with van der Waals surface area (Å²) >= 11 is 0. The van der Waals surface area contributed by atoms with Crippen LogP contribution < -0.4 is 10.3 Å². The Bertz CT molecular complexity index is 1170. The van der Waals surface area contributed by atoms with Gasteiger partial charge in [0, 0.05) is 11.1 Å². The molecule has 0 saturated carbocycles. The Hall–Kier alpha value is -3.48. The highest BCUT2D eigenvalue weighted by atomic mass is 19.1. The highest BCUT2D eigenvalue weighted by Crippen LogP contribution is 2.21. The number of aromatic nitrogens is 4. The van der Waals surface area contributed by atoms with E-state index in [9.17, 15) is 9.18 Å². The molecule has 136 valence electrons. The van der Waals surface area contributed by atoms with Gasteiger partial charge in [-0.05, 0) is 25.1 Å². The van der Waals surface area contributed by atoms with Gasteiger partial charge in [-0.25, -0.2) is 14.4 Å². The molecule has 1 N–H and O–H groups in total. The molecule has 0 bridgehead atoms. The molecule has 0 spiro atoms. The highest BCUT2D eigenvalue weighted by molar-refractivity contribution is 5.72.